The van der Waals surface area contributed by atoms with Crippen molar-refractivity contribution in [2.75, 3.05) is 0 Å². The van der Waals surface area contributed by atoms with Gasteiger partial charge in [0.25, 0.3) is 5.56 Å². The van der Waals surface area contributed by atoms with Crippen LogP contribution >= 0.6 is 0 Å². The molecule has 1 N–H and O–H groups in total. The van der Waals surface area contributed by atoms with Crippen LogP contribution in [0.3, 0.4) is 0 Å². The zero-order valence-electron chi connectivity index (χ0n) is 8.79. The second kappa shape index (κ2) is 3.79. The van der Waals surface area contributed by atoms with E-state index in [4.69, 9.17) is 0 Å². The molecule has 0 amide bonds. The van der Waals surface area contributed by atoms with Crippen LogP contribution in [0.25, 0.3) is 22.0 Å². The highest BCUT2D eigenvalue weighted by Crippen LogP contribution is 2.22. The van der Waals surface area contributed by atoms with E-state index in [9.17, 15) is 4.79 Å². The third-order valence-electron chi connectivity index (χ3n) is 2.54. The summed E-state index contributed by atoms with van der Waals surface area (Å²) in [5, 5.41) is 7.88. The molecule has 82 valence electrons. The molecule has 17 heavy (non-hydrogen) atoms. The van der Waals surface area contributed by atoms with E-state index in [1.807, 2.05) is 12.1 Å². The van der Waals surface area contributed by atoms with Crippen LogP contribution in [0.1, 0.15) is 0 Å². The molecule has 5 heteroatoms. The highest BCUT2D eigenvalue weighted by Gasteiger charge is 2.07. The van der Waals surface area contributed by atoms with Crippen LogP contribution in [0.4, 0.5) is 0 Å². The molecule has 0 atom stereocenters. The summed E-state index contributed by atoms with van der Waals surface area (Å²) in [4.78, 5) is 19.6. The van der Waals surface area contributed by atoms with Gasteiger partial charge in [-0.3, -0.25) is 14.8 Å². The first-order valence-corrected chi connectivity index (χ1v) is 5.09. The van der Waals surface area contributed by atoms with Gasteiger partial charge in [0.2, 0.25) is 0 Å². The van der Waals surface area contributed by atoms with E-state index < -0.39 is 0 Å². The Labute approximate surface area is 96.2 Å². The molecule has 5 nitrogen and oxygen atoms in total. The summed E-state index contributed by atoms with van der Waals surface area (Å²) >= 11 is 0. The third-order valence-corrected chi connectivity index (χ3v) is 2.54. The van der Waals surface area contributed by atoms with Crippen LogP contribution in [0, 0.1) is 0 Å². The molecule has 0 saturated carbocycles. The minimum Gasteiger partial charge on any atom is -0.267 e. The van der Waals surface area contributed by atoms with Crippen molar-refractivity contribution in [2.45, 2.75) is 0 Å². The van der Waals surface area contributed by atoms with Gasteiger partial charge in [-0.25, -0.2) is 5.10 Å². The summed E-state index contributed by atoms with van der Waals surface area (Å²) in [6.07, 6.45) is 6.61. The van der Waals surface area contributed by atoms with E-state index in [1.54, 1.807) is 30.9 Å². The first-order valence-electron chi connectivity index (χ1n) is 5.09. The summed E-state index contributed by atoms with van der Waals surface area (Å²) in [6, 6.07) is 5.36. The summed E-state index contributed by atoms with van der Waals surface area (Å²) in [7, 11) is 0. The monoisotopic (exact) mass is 224 g/mol. The predicted octanol–water partition coefficient (Wildman–Crippen LogP) is 1.38. The Kier molecular flexibility index (Phi) is 2.15. The Morgan fingerprint density at radius 2 is 1.71 bits per heavy atom. The van der Waals surface area contributed by atoms with Gasteiger partial charge in [0.1, 0.15) is 5.69 Å². The van der Waals surface area contributed by atoms with Crippen LogP contribution in [0.15, 0.2) is 47.8 Å². The van der Waals surface area contributed by atoms with E-state index in [2.05, 4.69) is 20.2 Å². The van der Waals surface area contributed by atoms with E-state index in [1.165, 1.54) is 0 Å². The standard InChI is InChI=1S/C12H8N4O/c17-12-9-3-6-14-7-10(9)11(15-16-12)8-1-4-13-5-2-8/h1-7H,(H,16,17). The Morgan fingerprint density at radius 3 is 2.53 bits per heavy atom. The summed E-state index contributed by atoms with van der Waals surface area (Å²) in [5.41, 5.74) is 1.39. The number of fused-ring (bicyclic) bond motifs is 1. The van der Waals surface area contributed by atoms with Crippen molar-refractivity contribution >= 4 is 10.8 Å². The van der Waals surface area contributed by atoms with Crippen LogP contribution in [0.5, 0.6) is 0 Å². The zero-order chi connectivity index (χ0) is 11.7. The molecule has 0 aromatic carbocycles. The van der Waals surface area contributed by atoms with Crippen molar-refractivity contribution < 1.29 is 0 Å². The topological polar surface area (TPSA) is 71.5 Å². The molecule has 0 unspecified atom stereocenters. The van der Waals surface area contributed by atoms with Gasteiger partial charge >= 0.3 is 0 Å². The molecule has 3 rings (SSSR count). The fraction of sp³-hybridized carbons (Fsp3) is 0. The van der Waals surface area contributed by atoms with Crippen molar-refractivity contribution in [3.05, 3.63) is 53.3 Å². The number of nitrogens with one attached hydrogen (secondary N) is 1. The summed E-state index contributed by atoms with van der Waals surface area (Å²) in [5.74, 6) is 0. The number of pyridine rings is 2. The van der Waals surface area contributed by atoms with E-state index in [-0.39, 0.29) is 5.56 Å². The van der Waals surface area contributed by atoms with Crippen molar-refractivity contribution in [1.29, 1.82) is 0 Å². The van der Waals surface area contributed by atoms with Crippen molar-refractivity contribution in [2.24, 2.45) is 0 Å². The van der Waals surface area contributed by atoms with Gasteiger partial charge in [0.05, 0.1) is 5.39 Å². The van der Waals surface area contributed by atoms with Gasteiger partial charge in [0.15, 0.2) is 0 Å². The molecule has 3 aromatic rings. The molecule has 0 aliphatic carbocycles. The largest absolute Gasteiger partial charge is 0.272 e. The second-order valence-electron chi connectivity index (χ2n) is 3.56. The number of H-pyrrole nitrogens is 1. The highest BCUT2D eigenvalue weighted by atomic mass is 16.1. The van der Waals surface area contributed by atoms with E-state index in [0.29, 0.717) is 11.1 Å². The van der Waals surface area contributed by atoms with Gasteiger partial charge < -0.3 is 0 Å². The lowest BCUT2D eigenvalue weighted by Crippen LogP contribution is -2.09. The molecule has 3 heterocycles. The van der Waals surface area contributed by atoms with Crippen molar-refractivity contribution in [1.82, 2.24) is 20.2 Å². The van der Waals surface area contributed by atoms with Crippen LogP contribution in [0.2, 0.25) is 0 Å². The zero-order valence-corrected chi connectivity index (χ0v) is 8.79. The predicted molar refractivity (Wildman–Crippen MR) is 63.4 cm³/mol. The van der Waals surface area contributed by atoms with Crippen LogP contribution in [-0.2, 0) is 0 Å². The van der Waals surface area contributed by atoms with Crippen molar-refractivity contribution in [3.63, 3.8) is 0 Å². The van der Waals surface area contributed by atoms with Gasteiger partial charge in [-0.1, -0.05) is 0 Å². The SMILES string of the molecule is O=c1[nH]nc(-c2ccncc2)c2cnccc12. The Hall–Kier alpha value is -2.56. The third kappa shape index (κ3) is 1.57. The number of hydrogen-bond acceptors (Lipinski definition) is 4. The minimum atomic E-state index is -0.208. The fourth-order valence-corrected chi connectivity index (χ4v) is 1.74. The fourth-order valence-electron chi connectivity index (χ4n) is 1.74. The normalized spacial score (nSPS) is 10.6. The van der Waals surface area contributed by atoms with Crippen LogP contribution in [-0.4, -0.2) is 20.2 Å². The number of rotatable bonds is 1. The molecule has 0 bridgehead atoms. The Morgan fingerprint density at radius 1 is 0.941 bits per heavy atom. The molecule has 0 aliphatic rings. The molecule has 0 radical (unpaired) electrons. The summed E-state index contributed by atoms with van der Waals surface area (Å²) < 4.78 is 0. The lowest BCUT2D eigenvalue weighted by Gasteiger charge is -2.03. The Bertz CT molecular complexity index is 721. The van der Waals surface area contributed by atoms with E-state index >= 15 is 0 Å². The van der Waals surface area contributed by atoms with Crippen molar-refractivity contribution in [3.8, 4) is 11.3 Å². The first-order chi connectivity index (χ1) is 8.36. The number of aromatic nitrogens is 4. The first kappa shape index (κ1) is 9.65. The average molecular weight is 224 g/mol. The molecule has 3 aromatic heterocycles. The molecule has 0 saturated heterocycles. The lowest BCUT2D eigenvalue weighted by molar-refractivity contribution is 1.01. The number of nitrogens with zero attached hydrogens (tertiary/aromatic N) is 3. The summed E-state index contributed by atoms with van der Waals surface area (Å²) in [6.45, 7) is 0. The smallest absolute Gasteiger partial charge is 0.267 e. The van der Waals surface area contributed by atoms with Gasteiger partial charge in [-0.2, -0.15) is 5.10 Å². The molecule has 0 fully saturated rings. The molecule has 0 spiro atoms. The number of aromatic amines is 1. The molecule has 0 aliphatic heterocycles. The Balaban J connectivity index is 2.39. The van der Waals surface area contributed by atoms with Crippen LogP contribution < -0.4 is 5.56 Å². The van der Waals surface area contributed by atoms with Gasteiger partial charge in [-0.15, -0.1) is 0 Å². The molecular weight excluding hydrogens is 216 g/mol. The lowest BCUT2D eigenvalue weighted by atomic mass is 10.1. The highest BCUT2D eigenvalue weighted by molar-refractivity contribution is 5.92. The molecular formula is C12H8N4O. The maximum absolute atomic E-state index is 11.6. The average Bonchev–Trinajstić information content (AvgIpc) is 2.41. The maximum atomic E-state index is 11.6. The quantitative estimate of drug-likeness (QED) is 0.677. The minimum absolute atomic E-state index is 0.208. The second-order valence-corrected chi connectivity index (χ2v) is 3.56. The van der Waals surface area contributed by atoms with Gasteiger partial charge in [-0.05, 0) is 18.2 Å². The maximum Gasteiger partial charge on any atom is 0.272 e. The van der Waals surface area contributed by atoms with E-state index in [0.717, 1.165) is 10.9 Å². The van der Waals surface area contributed by atoms with Gasteiger partial charge in [0, 0.05) is 35.7 Å². The number of hydrogen-bond donors (Lipinski definition) is 1.